The van der Waals surface area contributed by atoms with Crippen molar-refractivity contribution in [3.63, 3.8) is 0 Å². The zero-order valence-corrected chi connectivity index (χ0v) is 25.7. The first-order valence-corrected chi connectivity index (χ1v) is 14.2. The van der Waals surface area contributed by atoms with Gasteiger partial charge in [0.25, 0.3) is 0 Å². The summed E-state index contributed by atoms with van der Waals surface area (Å²) in [5, 5.41) is 13.8. The molecule has 2 aliphatic rings. The Hall–Kier alpha value is -3.50. The van der Waals surface area contributed by atoms with Gasteiger partial charge in [-0.05, 0) is 84.4 Å². The highest BCUT2D eigenvalue weighted by molar-refractivity contribution is 9.10. The molecule has 0 bridgehead atoms. The topological polar surface area (TPSA) is 113 Å². The molecule has 41 heavy (non-hydrogen) atoms. The van der Waals surface area contributed by atoms with Gasteiger partial charge < -0.3 is 34.1 Å². The fraction of sp³-hybridized carbons (Fsp3) is 0.419. The van der Waals surface area contributed by atoms with E-state index in [1.165, 1.54) is 7.11 Å². The van der Waals surface area contributed by atoms with Crippen LogP contribution in [0.5, 0.6) is 23.0 Å². The number of carbonyl (C=O) groups excluding carboxylic acids is 2. The van der Waals surface area contributed by atoms with Crippen LogP contribution in [-0.4, -0.2) is 57.5 Å². The van der Waals surface area contributed by atoms with Crippen LogP contribution in [0.1, 0.15) is 56.6 Å². The minimum atomic E-state index is -0.727. The molecule has 2 atom stereocenters. The summed E-state index contributed by atoms with van der Waals surface area (Å²) in [6.45, 7) is 5.94. The largest absolute Gasteiger partial charge is 0.503 e. The van der Waals surface area contributed by atoms with Crippen LogP contribution < -0.4 is 19.5 Å². The third kappa shape index (κ3) is 6.38. The van der Waals surface area contributed by atoms with E-state index in [-0.39, 0.29) is 48.9 Å². The Balaban J connectivity index is 1.76. The molecule has 2 aromatic rings. The standard InChI is InChI=1S/C31H36BrNO8/c1-16(2)40-9-10-41-31(36)27-17(3)33-22-12-19(18-7-8-24(37-4)25(14-18)38-5)13-23(34)29(22)28(27)20-11-21(32)30(35)26(15-20)39-6/h7-8,11,14-16,19,28,33,35H,9-10,12-13H2,1-6H3/t19-,28+/m1/s1. The number of Topliss-reactive ketones (excluding diaryl/α,β-unsaturated/α-hetero) is 1. The molecule has 0 saturated heterocycles. The summed E-state index contributed by atoms with van der Waals surface area (Å²) in [6, 6.07) is 9.03. The van der Waals surface area contributed by atoms with E-state index in [0.717, 1.165) is 11.3 Å². The van der Waals surface area contributed by atoms with Crippen LogP contribution in [0.3, 0.4) is 0 Å². The van der Waals surface area contributed by atoms with Gasteiger partial charge in [0.15, 0.2) is 28.8 Å². The highest BCUT2D eigenvalue weighted by Gasteiger charge is 2.42. The molecule has 0 unspecified atom stereocenters. The fourth-order valence-electron chi connectivity index (χ4n) is 5.40. The zero-order chi connectivity index (χ0) is 29.8. The number of phenols is 1. The van der Waals surface area contributed by atoms with Crippen LogP contribution in [-0.2, 0) is 19.1 Å². The van der Waals surface area contributed by atoms with Crippen molar-refractivity contribution in [3.8, 4) is 23.0 Å². The average molecular weight is 631 g/mol. The van der Waals surface area contributed by atoms with Gasteiger partial charge in [0, 0.05) is 29.3 Å². The second kappa shape index (κ2) is 13.0. The number of hydrogen-bond donors (Lipinski definition) is 2. The van der Waals surface area contributed by atoms with Crippen molar-refractivity contribution in [1.82, 2.24) is 5.32 Å². The van der Waals surface area contributed by atoms with E-state index in [4.69, 9.17) is 23.7 Å². The van der Waals surface area contributed by atoms with Crippen LogP contribution in [0.25, 0.3) is 0 Å². The van der Waals surface area contributed by atoms with Crippen LogP contribution in [0.2, 0.25) is 0 Å². The summed E-state index contributed by atoms with van der Waals surface area (Å²) in [4.78, 5) is 27.5. The lowest BCUT2D eigenvalue weighted by Gasteiger charge is -2.37. The number of allylic oxidation sites excluding steroid dienone is 3. The summed E-state index contributed by atoms with van der Waals surface area (Å²) in [5.41, 5.74) is 3.72. The molecule has 0 spiro atoms. The molecule has 0 amide bonds. The number of ether oxygens (including phenoxy) is 5. The molecule has 220 valence electrons. The minimum Gasteiger partial charge on any atom is -0.503 e. The van der Waals surface area contributed by atoms with Crippen molar-refractivity contribution >= 4 is 27.7 Å². The molecule has 0 radical (unpaired) electrons. The second-order valence-electron chi connectivity index (χ2n) is 10.2. The predicted molar refractivity (Wildman–Crippen MR) is 157 cm³/mol. The number of phenolic OH excluding ortho intramolecular Hbond substituents is 1. The summed E-state index contributed by atoms with van der Waals surface area (Å²) < 4.78 is 27.8. The second-order valence-corrected chi connectivity index (χ2v) is 11.1. The molecular weight excluding hydrogens is 594 g/mol. The maximum atomic E-state index is 13.9. The number of esters is 1. The van der Waals surface area contributed by atoms with Gasteiger partial charge in [-0.2, -0.15) is 0 Å². The molecule has 10 heteroatoms. The quantitative estimate of drug-likeness (QED) is 0.259. The highest BCUT2D eigenvalue weighted by Crippen LogP contribution is 2.48. The Morgan fingerprint density at radius 2 is 1.68 bits per heavy atom. The van der Waals surface area contributed by atoms with Gasteiger partial charge >= 0.3 is 5.97 Å². The number of carbonyl (C=O) groups is 2. The Morgan fingerprint density at radius 3 is 2.34 bits per heavy atom. The number of aromatic hydroxyl groups is 1. The lowest BCUT2D eigenvalue weighted by atomic mass is 9.71. The number of hydrogen-bond acceptors (Lipinski definition) is 9. The van der Waals surface area contributed by atoms with Crippen molar-refractivity contribution in [2.24, 2.45) is 0 Å². The number of methoxy groups -OCH3 is 3. The summed E-state index contributed by atoms with van der Waals surface area (Å²) >= 11 is 3.39. The Bertz CT molecular complexity index is 1400. The minimum absolute atomic E-state index is 0.00625. The molecule has 1 aliphatic carbocycles. The molecule has 9 nitrogen and oxygen atoms in total. The first kappa shape index (κ1) is 30.5. The van der Waals surface area contributed by atoms with Gasteiger partial charge in [0.1, 0.15) is 6.61 Å². The Labute approximate surface area is 248 Å². The molecule has 1 aliphatic heterocycles. The molecule has 2 aromatic carbocycles. The number of nitrogens with one attached hydrogen (secondary N) is 1. The van der Waals surface area contributed by atoms with E-state index in [1.54, 1.807) is 33.3 Å². The Kier molecular flexibility index (Phi) is 9.65. The molecule has 4 rings (SSSR count). The van der Waals surface area contributed by atoms with Gasteiger partial charge in [-0.1, -0.05) is 6.07 Å². The van der Waals surface area contributed by atoms with E-state index >= 15 is 0 Å². The van der Waals surface area contributed by atoms with Gasteiger partial charge in [0.05, 0.1) is 44.1 Å². The van der Waals surface area contributed by atoms with E-state index in [2.05, 4.69) is 21.2 Å². The summed E-state index contributed by atoms with van der Waals surface area (Å²) in [5.74, 6) is -0.114. The average Bonchev–Trinajstić information content (AvgIpc) is 2.95. The van der Waals surface area contributed by atoms with Crippen molar-refractivity contribution < 1.29 is 38.4 Å². The van der Waals surface area contributed by atoms with Gasteiger partial charge in [-0.15, -0.1) is 0 Å². The SMILES string of the molecule is COc1ccc([C@H]2CC(=O)C3=C(C2)NC(C)=C(C(=O)OCCOC(C)C)[C@@H]3c2cc(Br)c(O)c(OC)c2)cc1OC. The number of rotatable bonds is 10. The Morgan fingerprint density at radius 1 is 1.00 bits per heavy atom. The summed E-state index contributed by atoms with van der Waals surface area (Å²) in [7, 11) is 4.61. The highest BCUT2D eigenvalue weighted by atomic mass is 79.9. The third-order valence-electron chi connectivity index (χ3n) is 7.30. The molecule has 2 N–H and O–H groups in total. The zero-order valence-electron chi connectivity index (χ0n) is 24.1. The van der Waals surface area contributed by atoms with Crippen molar-refractivity contribution in [3.05, 3.63) is 68.5 Å². The number of halogens is 1. The van der Waals surface area contributed by atoms with E-state index in [1.807, 2.05) is 32.0 Å². The summed E-state index contributed by atoms with van der Waals surface area (Å²) in [6.07, 6.45) is 0.796. The van der Waals surface area contributed by atoms with Crippen molar-refractivity contribution in [2.75, 3.05) is 34.5 Å². The maximum absolute atomic E-state index is 13.9. The van der Waals surface area contributed by atoms with Gasteiger partial charge in [-0.3, -0.25) is 4.79 Å². The smallest absolute Gasteiger partial charge is 0.336 e. The first-order chi connectivity index (χ1) is 19.6. The molecular formula is C31H36BrNO8. The maximum Gasteiger partial charge on any atom is 0.336 e. The first-order valence-electron chi connectivity index (χ1n) is 13.4. The number of ketones is 1. The molecule has 1 heterocycles. The van der Waals surface area contributed by atoms with E-state index in [9.17, 15) is 14.7 Å². The number of dihydropyridines is 1. The lowest BCUT2D eigenvalue weighted by Crippen LogP contribution is -2.36. The van der Waals surface area contributed by atoms with Crippen molar-refractivity contribution in [2.45, 2.75) is 51.6 Å². The van der Waals surface area contributed by atoms with E-state index < -0.39 is 11.9 Å². The molecule has 0 fully saturated rings. The fourth-order valence-corrected chi connectivity index (χ4v) is 5.86. The third-order valence-corrected chi connectivity index (χ3v) is 7.90. The van der Waals surface area contributed by atoms with Crippen LogP contribution in [0.4, 0.5) is 0 Å². The van der Waals surface area contributed by atoms with Gasteiger partial charge in [-0.25, -0.2) is 4.79 Å². The number of benzene rings is 2. The van der Waals surface area contributed by atoms with Crippen LogP contribution in [0, 0.1) is 0 Å². The molecule has 0 aromatic heterocycles. The van der Waals surface area contributed by atoms with Crippen molar-refractivity contribution in [1.29, 1.82) is 0 Å². The normalized spacial score (nSPS) is 18.7. The van der Waals surface area contributed by atoms with Crippen LogP contribution in [0.15, 0.2) is 57.3 Å². The molecule has 0 saturated carbocycles. The lowest BCUT2D eigenvalue weighted by molar-refractivity contribution is -0.141. The van der Waals surface area contributed by atoms with Gasteiger partial charge in [0.2, 0.25) is 0 Å². The van der Waals surface area contributed by atoms with E-state index in [0.29, 0.717) is 44.8 Å². The van der Waals surface area contributed by atoms with Crippen LogP contribution >= 0.6 is 15.9 Å². The predicted octanol–water partition coefficient (Wildman–Crippen LogP) is 5.51. The monoisotopic (exact) mass is 629 g/mol.